The molecule has 2 nitrogen and oxygen atoms in total. The van der Waals surface area contributed by atoms with Gasteiger partial charge in [-0.25, -0.2) is 0 Å². The molecule has 0 bridgehead atoms. The second kappa shape index (κ2) is 1.66. The molecule has 1 fully saturated rings. The molecule has 0 aromatic carbocycles. The van der Waals surface area contributed by atoms with Gasteiger partial charge in [0.25, 0.3) is 0 Å². The first kappa shape index (κ1) is 4.84. The maximum Gasteiger partial charge on any atom is 0.214 e. The highest BCUT2D eigenvalue weighted by atomic mass is 28.2. The zero-order valence-electron chi connectivity index (χ0n) is 3.98. The van der Waals surface area contributed by atoms with Gasteiger partial charge in [0.2, 0.25) is 5.91 Å². The van der Waals surface area contributed by atoms with Gasteiger partial charge in [0.1, 0.15) is 0 Å². The topological polar surface area (TPSA) is 20.3 Å². The minimum Gasteiger partial charge on any atom is -0.371 e. The molecule has 3 radical (unpaired) electrons. The predicted molar refractivity (Wildman–Crippen MR) is 26.7 cm³/mol. The lowest BCUT2D eigenvalue weighted by Crippen LogP contribution is -2.19. The summed E-state index contributed by atoms with van der Waals surface area (Å²) in [5.74, 6) is 0.205. The lowest BCUT2D eigenvalue weighted by molar-refractivity contribution is -0.123. The Balaban J connectivity index is 2.48. The molecular formula is C4H6NOSi. The van der Waals surface area contributed by atoms with Crippen molar-refractivity contribution < 1.29 is 4.79 Å². The van der Waals surface area contributed by atoms with E-state index in [1.54, 1.807) is 4.57 Å². The third kappa shape index (κ3) is 0.824. The van der Waals surface area contributed by atoms with E-state index in [0.717, 1.165) is 13.0 Å². The summed E-state index contributed by atoms with van der Waals surface area (Å²) in [5.41, 5.74) is 0. The molecule has 1 aliphatic heterocycles. The highest BCUT2D eigenvalue weighted by Gasteiger charge is 2.14. The van der Waals surface area contributed by atoms with Gasteiger partial charge >= 0.3 is 0 Å². The fraction of sp³-hybridized carbons (Fsp3) is 0.750. The van der Waals surface area contributed by atoms with Crippen molar-refractivity contribution in [3.63, 3.8) is 0 Å². The standard InChI is InChI=1S/C4H6NOSi/c6-4-2-1-3-5(4)7/h1-3H2. The Morgan fingerprint density at radius 2 is 2.43 bits per heavy atom. The van der Waals surface area contributed by atoms with Gasteiger partial charge in [-0.15, -0.1) is 0 Å². The van der Waals surface area contributed by atoms with Gasteiger partial charge in [-0.1, -0.05) is 0 Å². The van der Waals surface area contributed by atoms with E-state index in [9.17, 15) is 4.79 Å². The van der Waals surface area contributed by atoms with Gasteiger partial charge in [0.15, 0.2) is 10.4 Å². The Labute approximate surface area is 46.0 Å². The first-order chi connectivity index (χ1) is 3.30. The van der Waals surface area contributed by atoms with Crippen LogP contribution in [0, 0.1) is 0 Å². The van der Waals surface area contributed by atoms with Crippen LogP contribution >= 0.6 is 0 Å². The van der Waals surface area contributed by atoms with Crippen LogP contribution in [-0.2, 0) is 4.79 Å². The fourth-order valence-electron chi connectivity index (χ4n) is 0.648. The minimum absolute atomic E-state index is 0.205. The first-order valence-corrected chi connectivity index (χ1v) is 2.77. The molecule has 0 atom stereocenters. The van der Waals surface area contributed by atoms with E-state index in [4.69, 9.17) is 0 Å². The molecular weight excluding hydrogens is 106 g/mol. The highest BCUT2D eigenvalue weighted by molar-refractivity contribution is 6.14. The number of hydrogen-bond acceptors (Lipinski definition) is 1. The van der Waals surface area contributed by atoms with Gasteiger partial charge in [-0.05, 0) is 6.42 Å². The molecule has 1 rings (SSSR count). The van der Waals surface area contributed by atoms with Crippen LogP contribution in [0.15, 0.2) is 0 Å². The summed E-state index contributed by atoms with van der Waals surface area (Å²) in [6.45, 7) is 0.871. The fourth-order valence-corrected chi connectivity index (χ4v) is 0.918. The summed E-state index contributed by atoms with van der Waals surface area (Å²) in [6.07, 6.45) is 1.71. The van der Waals surface area contributed by atoms with E-state index in [1.165, 1.54) is 0 Å². The summed E-state index contributed by atoms with van der Waals surface area (Å²) >= 11 is 0. The lowest BCUT2D eigenvalue weighted by Gasteiger charge is -2.02. The number of nitrogens with zero attached hydrogens (tertiary/aromatic N) is 1. The van der Waals surface area contributed by atoms with E-state index in [2.05, 4.69) is 10.4 Å². The second-order valence-electron chi connectivity index (χ2n) is 1.65. The summed E-state index contributed by atoms with van der Waals surface area (Å²) in [6, 6.07) is 0. The molecule has 0 spiro atoms. The van der Waals surface area contributed by atoms with E-state index < -0.39 is 0 Å². The predicted octanol–water partition coefficient (Wildman–Crippen LogP) is -0.308. The molecule has 0 aromatic heterocycles. The van der Waals surface area contributed by atoms with Gasteiger partial charge < -0.3 is 4.57 Å². The lowest BCUT2D eigenvalue weighted by atomic mass is 10.4. The maximum atomic E-state index is 10.5. The van der Waals surface area contributed by atoms with Crippen molar-refractivity contribution in [2.45, 2.75) is 12.8 Å². The van der Waals surface area contributed by atoms with Crippen molar-refractivity contribution in [1.82, 2.24) is 4.57 Å². The van der Waals surface area contributed by atoms with Crippen LogP contribution < -0.4 is 0 Å². The van der Waals surface area contributed by atoms with Gasteiger partial charge in [-0.2, -0.15) is 0 Å². The van der Waals surface area contributed by atoms with Crippen molar-refractivity contribution in [1.29, 1.82) is 0 Å². The van der Waals surface area contributed by atoms with Crippen molar-refractivity contribution in [2.24, 2.45) is 0 Å². The first-order valence-electron chi connectivity index (χ1n) is 2.32. The molecule has 0 unspecified atom stereocenters. The minimum atomic E-state index is 0.205. The molecule has 7 heavy (non-hydrogen) atoms. The van der Waals surface area contributed by atoms with Gasteiger partial charge in [0, 0.05) is 13.0 Å². The number of rotatable bonds is 0. The molecule has 3 heteroatoms. The Hall–Kier alpha value is -0.313. The van der Waals surface area contributed by atoms with Crippen molar-refractivity contribution in [3.05, 3.63) is 0 Å². The summed E-state index contributed by atoms with van der Waals surface area (Å²) in [4.78, 5) is 10.5. The van der Waals surface area contributed by atoms with Crippen LogP contribution in [0.1, 0.15) is 12.8 Å². The van der Waals surface area contributed by atoms with Crippen LogP contribution in [-0.4, -0.2) is 27.4 Å². The quantitative estimate of drug-likeness (QED) is 0.394. The second-order valence-corrected chi connectivity index (χ2v) is 2.19. The van der Waals surface area contributed by atoms with Crippen LogP contribution in [0.4, 0.5) is 0 Å². The highest BCUT2D eigenvalue weighted by Crippen LogP contribution is 2.04. The third-order valence-corrected chi connectivity index (χ3v) is 1.55. The normalized spacial score (nSPS) is 21.3. The van der Waals surface area contributed by atoms with E-state index in [0.29, 0.717) is 6.42 Å². The summed E-state index contributed by atoms with van der Waals surface area (Å²) in [5, 5.41) is 0. The van der Waals surface area contributed by atoms with Crippen molar-refractivity contribution in [3.8, 4) is 0 Å². The molecule has 0 N–H and O–H groups in total. The largest absolute Gasteiger partial charge is 0.371 e. The average Bonchev–Trinajstić information content (AvgIpc) is 1.91. The molecule has 1 heterocycles. The zero-order valence-corrected chi connectivity index (χ0v) is 4.98. The van der Waals surface area contributed by atoms with Gasteiger partial charge in [-0.3, -0.25) is 4.79 Å². The Morgan fingerprint density at radius 3 is 2.57 bits per heavy atom. The van der Waals surface area contributed by atoms with Crippen molar-refractivity contribution >= 4 is 16.3 Å². The zero-order chi connectivity index (χ0) is 5.28. The molecule has 0 saturated carbocycles. The SMILES string of the molecule is O=C1CCCN1[Si]. The Morgan fingerprint density at radius 1 is 1.71 bits per heavy atom. The summed E-state index contributed by atoms with van der Waals surface area (Å²) < 4.78 is 1.57. The molecule has 1 amide bonds. The van der Waals surface area contributed by atoms with Crippen molar-refractivity contribution in [2.75, 3.05) is 6.54 Å². The molecule has 1 aliphatic rings. The summed E-state index contributed by atoms with van der Waals surface area (Å²) in [7, 11) is 3.13. The number of carbonyl (C=O) groups is 1. The van der Waals surface area contributed by atoms with Crippen LogP contribution in [0.2, 0.25) is 0 Å². The Bertz CT molecular complexity index is 93.7. The number of carbonyl (C=O) groups excluding carboxylic acids is 1. The molecule has 1 saturated heterocycles. The monoisotopic (exact) mass is 112 g/mol. The van der Waals surface area contributed by atoms with E-state index >= 15 is 0 Å². The van der Waals surface area contributed by atoms with E-state index in [1.807, 2.05) is 0 Å². The smallest absolute Gasteiger partial charge is 0.214 e. The van der Waals surface area contributed by atoms with Crippen LogP contribution in [0.25, 0.3) is 0 Å². The Kier molecular flexibility index (Phi) is 1.14. The number of hydrogen-bond donors (Lipinski definition) is 0. The van der Waals surface area contributed by atoms with E-state index in [-0.39, 0.29) is 5.91 Å². The average molecular weight is 112 g/mol. The number of amides is 1. The molecule has 0 aliphatic carbocycles. The molecule has 0 aromatic rings. The maximum absolute atomic E-state index is 10.5. The molecule has 37 valence electrons. The van der Waals surface area contributed by atoms with Gasteiger partial charge in [0.05, 0.1) is 0 Å². The third-order valence-electron chi connectivity index (χ3n) is 1.07. The van der Waals surface area contributed by atoms with Crippen LogP contribution in [0.5, 0.6) is 0 Å². The van der Waals surface area contributed by atoms with Crippen LogP contribution in [0.3, 0.4) is 0 Å².